The number of aromatic nitrogens is 2. The van der Waals surface area contributed by atoms with Gasteiger partial charge < -0.3 is 15.1 Å². The average molecular weight is 549 g/mol. The van der Waals surface area contributed by atoms with Gasteiger partial charge in [-0.25, -0.2) is 8.42 Å². The summed E-state index contributed by atoms with van der Waals surface area (Å²) in [4.78, 5) is 17.2. The first kappa shape index (κ1) is 26.2. The topological polar surface area (TPSA) is 102 Å². The van der Waals surface area contributed by atoms with Gasteiger partial charge in [0.25, 0.3) is 5.91 Å². The first-order valence-corrected chi connectivity index (χ1v) is 13.5. The van der Waals surface area contributed by atoms with Crippen molar-refractivity contribution < 1.29 is 26.4 Å². The van der Waals surface area contributed by atoms with Crippen molar-refractivity contribution in [3.05, 3.63) is 70.9 Å². The summed E-state index contributed by atoms with van der Waals surface area (Å²) in [6.45, 7) is 3.81. The van der Waals surface area contributed by atoms with Gasteiger partial charge in [-0.1, -0.05) is 0 Å². The molecule has 0 saturated carbocycles. The summed E-state index contributed by atoms with van der Waals surface area (Å²) >= 11 is 0. The van der Waals surface area contributed by atoms with E-state index in [2.05, 4.69) is 32.4 Å². The largest absolute Gasteiger partial charge is 0.416 e. The van der Waals surface area contributed by atoms with E-state index in [1.165, 1.54) is 4.31 Å². The lowest BCUT2D eigenvalue weighted by atomic mass is 10.1. The molecule has 1 amide bonds. The van der Waals surface area contributed by atoms with Crippen LogP contribution in [0.15, 0.2) is 53.4 Å². The number of fused-ring (bicyclic) bond motifs is 1. The van der Waals surface area contributed by atoms with Crippen LogP contribution in [-0.4, -0.2) is 73.5 Å². The van der Waals surface area contributed by atoms with Gasteiger partial charge in [0.15, 0.2) is 5.82 Å². The second-order valence-corrected chi connectivity index (χ2v) is 11.4. The van der Waals surface area contributed by atoms with Crippen LogP contribution in [0, 0.1) is 0 Å². The number of aromatic amines is 1. The molecule has 2 aliphatic heterocycles. The number of rotatable bonds is 5. The van der Waals surface area contributed by atoms with Crippen molar-refractivity contribution in [2.75, 3.05) is 50.0 Å². The molecule has 2 aromatic carbocycles. The minimum absolute atomic E-state index is 0.0762. The van der Waals surface area contributed by atoms with Crippen LogP contribution in [0.4, 0.5) is 24.7 Å². The molecule has 0 aliphatic carbocycles. The summed E-state index contributed by atoms with van der Waals surface area (Å²) < 4.78 is 66.1. The number of nitrogens with zero attached hydrogens (tertiary/aromatic N) is 4. The molecule has 3 aromatic rings. The molecule has 0 spiro atoms. The van der Waals surface area contributed by atoms with E-state index < -0.39 is 21.8 Å². The van der Waals surface area contributed by atoms with Crippen LogP contribution in [-0.2, 0) is 29.2 Å². The number of amides is 1. The van der Waals surface area contributed by atoms with Crippen LogP contribution in [0.5, 0.6) is 0 Å². The predicted octanol–water partition coefficient (Wildman–Crippen LogP) is 3.18. The quantitative estimate of drug-likeness (QED) is 0.508. The lowest BCUT2D eigenvalue weighted by molar-refractivity contribution is -0.137. The maximum absolute atomic E-state index is 13.1. The monoisotopic (exact) mass is 548 g/mol. The summed E-state index contributed by atoms with van der Waals surface area (Å²) in [6, 6.07) is 10.7. The highest BCUT2D eigenvalue weighted by Crippen LogP contribution is 2.32. The molecule has 1 saturated heterocycles. The van der Waals surface area contributed by atoms with E-state index in [-0.39, 0.29) is 29.7 Å². The van der Waals surface area contributed by atoms with E-state index in [1.54, 1.807) is 12.1 Å². The number of hydrogen-bond donors (Lipinski definition) is 2. The van der Waals surface area contributed by atoms with Gasteiger partial charge in [0.05, 0.1) is 10.5 Å². The van der Waals surface area contributed by atoms with E-state index in [9.17, 15) is 26.4 Å². The Balaban J connectivity index is 1.28. The lowest BCUT2D eigenvalue weighted by Gasteiger charge is -2.34. The summed E-state index contributed by atoms with van der Waals surface area (Å²) in [5.41, 5.74) is 1.77. The number of alkyl halides is 3. The molecule has 0 unspecified atom stereocenters. The molecular formula is C25H27F3N6O3S. The Labute approximate surface area is 218 Å². The predicted molar refractivity (Wildman–Crippen MR) is 135 cm³/mol. The van der Waals surface area contributed by atoms with Crippen LogP contribution >= 0.6 is 0 Å². The standard InChI is InChI=1S/C25H27F3N6O3S/c1-32-12-14-33(15-13-32)19-6-2-17(3-7-19)24(35)29-23-21-16-34(11-10-22(21)30-31-23)38(36,37)20-8-4-18(5-9-20)25(26,27)28/h2-9H,10-16H2,1H3,(H2,29,30,31,35). The maximum atomic E-state index is 13.1. The van der Waals surface area contributed by atoms with Gasteiger partial charge in [-0.05, 0) is 55.6 Å². The minimum Gasteiger partial charge on any atom is -0.369 e. The van der Waals surface area contributed by atoms with Crippen molar-refractivity contribution in [2.45, 2.75) is 24.0 Å². The number of hydrogen-bond acceptors (Lipinski definition) is 6. The number of carbonyl (C=O) groups is 1. The first-order chi connectivity index (χ1) is 18.0. The maximum Gasteiger partial charge on any atom is 0.416 e. The minimum atomic E-state index is -4.56. The van der Waals surface area contributed by atoms with Gasteiger partial charge in [0.1, 0.15) is 0 Å². The molecule has 0 radical (unpaired) electrons. The van der Waals surface area contributed by atoms with Crippen molar-refractivity contribution in [1.82, 2.24) is 19.4 Å². The Hall–Kier alpha value is -3.42. The molecule has 1 aromatic heterocycles. The van der Waals surface area contributed by atoms with E-state index >= 15 is 0 Å². The zero-order valence-electron chi connectivity index (χ0n) is 20.6. The highest BCUT2D eigenvalue weighted by atomic mass is 32.2. The summed E-state index contributed by atoms with van der Waals surface area (Å²) in [7, 11) is -1.97. The van der Waals surface area contributed by atoms with Crippen LogP contribution in [0.3, 0.4) is 0 Å². The summed E-state index contributed by atoms with van der Waals surface area (Å²) in [5.74, 6) is -0.160. The van der Waals surface area contributed by atoms with Crippen LogP contribution in [0.2, 0.25) is 0 Å². The highest BCUT2D eigenvalue weighted by molar-refractivity contribution is 7.89. The second kappa shape index (κ2) is 10.0. The third kappa shape index (κ3) is 5.26. The number of carbonyl (C=O) groups excluding carboxylic acids is 1. The third-order valence-electron chi connectivity index (χ3n) is 6.95. The third-order valence-corrected chi connectivity index (χ3v) is 8.81. The van der Waals surface area contributed by atoms with E-state index in [1.807, 2.05) is 12.1 Å². The summed E-state index contributed by atoms with van der Waals surface area (Å²) in [5, 5.41) is 9.78. The lowest BCUT2D eigenvalue weighted by Crippen LogP contribution is -2.44. The number of piperazine rings is 1. The van der Waals surface area contributed by atoms with Crippen molar-refractivity contribution >= 4 is 27.4 Å². The molecule has 2 aliphatic rings. The number of likely N-dealkylation sites (N-methyl/N-ethyl adjacent to an activating group) is 1. The number of H-pyrrole nitrogens is 1. The molecule has 2 N–H and O–H groups in total. The molecular weight excluding hydrogens is 521 g/mol. The van der Waals surface area contributed by atoms with Gasteiger partial charge in [-0.3, -0.25) is 9.89 Å². The number of anilines is 2. The van der Waals surface area contributed by atoms with Gasteiger partial charge in [-0.2, -0.15) is 22.6 Å². The Bertz CT molecular complexity index is 1410. The van der Waals surface area contributed by atoms with Crippen molar-refractivity contribution in [3.8, 4) is 0 Å². The molecule has 13 heteroatoms. The number of nitrogens with one attached hydrogen (secondary N) is 2. The molecule has 9 nitrogen and oxygen atoms in total. The molecule has 0 atom stereocenters. The Morgan fingerprint density at radius 2 is 1.63 bits per heavy atom. The fourth-order valence-corrected chi connectivity index (χ4v) is 6.02. The van der Waals surface area contributed by atoms with Crippen molar-refractivity contribution in [1.29, 1.82) is 0 Å². The molecule has 1 fully saturated rings. The number of halogens is 3. The molecule has 38 heavy (non-hydrogen) atoms. The Kier molecular flexibility index (Phi) is 6.92. The van der Waals surface area contributed by atoms with Crippen LogP contribution < -0.4 is 10.2 Å². The summed E-state index contributed by atoms with van der Waals surface area (Å²) in [6.07, 6.45) is -4.24. The molecule has 0 bridgehead atoms. The molecule has 202 valence electrons. The van der Waals surface area contributed by atoms with Gasteiger partial charge in [0.2, 0.25) is 10.0 Å². The van der Waals surface area contributed by atoms with Gasteiger partial charge in [0, 0.05) is 68.2 Å². The Morgan fingerprint density at radius 1 is 0.974 bits per heavy atom. The first-order valence-electron chi connectivity index (χ1n) is 12.1. The van der Waals surface area contributed by atoms with Crippen molar-refractivity contribution in [3.63, 3.8) is 0 Å². The van der Waals surface area contributed by atoms with Crippen molar-refractivity contribution in [2.24, 2.45) is 0 Å². The number of sulfonamides is 1. The van der Waals surface area contributed by atoms with Crippen LogP contribution in [0.25, 0.3) is 0 Å². The van der Waals surface area contributed by atoms with Crippen LogP contribution in [0.1, 0.15) is 27.2 Å². The molecule has 5 rings (SSSR count). The normalized spacial score (nSPS) is 17.3. The zero-order chi connectivity index (χ0) is 27.1. The fraction of sp³-hybridized carbons (Fsp3) is 0.360. The average Bonchev–Trinajstić information content (AvgIpc) is 3.30. The van der Waals surface area contributed by atoms with E-state index in [0.29, 0.717) is 23.2 Å². The van der Waals surface area contributed by atoms with Gasteiger partial charge in [-0.15, -0.1) is 0 Å². The Morgan fingerprint density at radius 3 is 2.26 bits per heavy atom. The fourth-order valence-electron chi connectivity index (χ4n) is 4.61. The second-order valence-electron chi connectivity index (χ2n) is 9.43. The van der Waals surface area contributed by atoms with Gasteiger partial charge >= 0.3 is 6.18 Å². The van der Waals surface area contributed by atoms with E-state index in [0.717, 1.165) is 56.1 Å². The zero-order valence-corrected chi connectivity index (χ0v) is 21.4. The molecule has 3 heterocycles. The highest BCUT2D eigenvalue weighted by Gasteiger charge is 2.34. The number of benzene rings is 2. The SMILES string of the molecule is CN1CCN(c2ccc(C(=O)Nc3n[nH]c4c3CN(S(=O)(=O)c3ccc(C(F)(F)F)cc3)CC4)cc2)CC1. The van der Waals surface area contributed by atoms with E-state index in [4.69, 9.17) is 0 Å². The smallest absolute Gasteiger partial charge is 0.369 e.